The van der Waals surface area contributed by atoms with Gasteiger partial charge in [-0.25, -0.2) is 0 Å². The minimum Gasteiger partial charge on any atom is -0.102 e. The van der Waals surface area contributed by atoms with Gasteiger partial charge in [-0.05, 0) is 48.1 Å². The van der Waals surface area contributed by atoms with Gasteiger partial charge in [-0.3, -0.25) is 0 Å². The summed E-state index contributed by atoms with van der Waals surface area (Å²) in [6, 6.07) is 10.3. The van der Waals surface area contributed by atoms with E-state index < -0.39 is 0 Å². The summed E-state index contributed by atoms with van der Waals surface area (Å²) < 4.78 is 0. The Morgan fingerprint density at radius 3 is 2.45 bits per heavy atom. The quantitative estimate of drug-likeness (QED) is 0.491. The minimum atomic E-state index is -0.0568. The van der Waals surface area contributed by atoms with Crippen molar-refractivity contribution in [3.8, 4) is 11.8 Å². The second-order valence-electron chi connectivity index (χ2n) is 7.35. The van der Waals surface area contributed by atoms with Crippen LogP contribution >= 0.6 is 0 Å². The van der Waals surface area contributed by atoms with Crippen molar-refractivity contribution in [3.63, 3.8) is 0 Å². The predicted molar refractivity (Wildman–Crippen MR) is 85.2 cm³/mol. The summed E-state index contributed by atoms with van der Waals surface area (Å²) in [5.41, 5.74) is 1.57. The van der Waals surface area contributed by atoms with Gasteiger partial charge >= 0.3 is 0 Å². The molecule has 0 heteroatoms. The highest BCUT2D eigenvalue weighted by molar-refractivity contribution is 5.41. The summed E-state index contributed by atoms with van der Waals surface area (Å²) in [6.45, 7) is 11.4. The van der Waals surface area contributed by atoms with E-state index in [-0.39, 0.29) is 10.8 Å². The monoisotopic (exact) mass is 264 g/mol. The van der Waals surface area contributed by atoms with Gasteiger partial charge in [-0.1, -0.05) is 56.9 Å². The maximum atomic E-state index is 4.18. The molecule has 0 unspecified atom stereocenters. The Morgan fingerprint density at radius 1 is 1.20 bits per heavy atom. The molecule has 0 N–H and O–H groups in total. The number of hydrogen-bond acceptors (Lipinski definition) is 0. The summed E-state index contributed by atoms with van der Waals surface area (Å²) in [6.07, 6.45) is 6.10. The summed E-state index contributed by atoms with van der Waals surface area (Å²) in [7, 11) is 0. The molecule has 20 heavy (non-hydrogen) atoms. The summed E-state index contributed by atoms with van der Waals surface area (Å²) in [5, 5.41) is 0. The molecule has 0 aromatic heterocycles. The van der Waals surface area contributed by atoms with Crippen molar-refractivity contribution < 1.29 is 0 Å². The Labute approximate surface area is 123 Å². The van der Waals surface area contributed by atoms with Crippen molar-refractivity contribution in [1.82, 2.24) is 0 Å². The Morgan fingerprint density at radius 2 is 1.90 bits per heavy atom. The van der Waals surface area contributed by atoms with Gasteiger partial charge in [0.1, 0.15) is 0 Å². The molecule has 2 fully saturated rings. The van der Waals surface area contributed by atoms with Crippen LogP contribution in [0.25, 0.3) is 0 Å². The van der Waals surface area contributed by atoms with E-state index in [0.717, 1.165) is 11.5 Å². The average Bonchev–Trinajstić information content (AvgIpc) is 2.91. The molecule has 0 amide bonds. The largest absolute Gasteiger partial charge is 0.102 e. The molecule has 2 bridgehead atoms. The van der Waals surface area contributed by atoms with E-state index in [1.807, 2.05) is 6.07 Å². The van der Waals surface area contributed by atoms with Gasteiger partial charge in [0.25, 0.3) is 0 Å². The van der Waals surface area contributed by atoms with Crippen molar-refractivity contribution in [2.75, 3.05) is 0 Å². The van der Waals surface area contributed by atoms with Gasteiger partial charge in [0.2, 0.25) is 0 Å². The molecule has 0 heterocycles. The van der Waals surface area contributed by atoms with E-state index in [2.05, 4.69) is 69.5 Å². The lowest BCUT2D eigenvalue weighted by atomic mass is 9.53. The third kappa shape index (κ3) is 1.56. The molecule has 0 aliphatic heterocycles. The molecule has 2 aliphatic rings. The molecule has 104 valence electrons. The average molecular weight is 264 g/mol. The Hall–Kier alpha value is -1.48. The van der Waals surface area contributed by atoms with Crippen LogP contribution in [0.15, 0.2) is 43.0 Å². The smallest absolute Gasteiger partial charge is 0.0601 e. The maximum absolute atomic E-state index is 4.18. The Bertz CT molecular complexity index is 577. The van der Waals surface area contributed by atoms with Crippen LogP contribution in [0.2, 0.25) is 0 Å². The number of benzene rings is 1. The van der Waals surface area contributed by atoms with E-state index in [1.165, 1.54) is 19.3 Å². The zero-order valence-corrected chi connectivity index (χ0v) is 12.9. The topological polar surface area (TPSA) is 0 Å². The second-order valence-corrected chi connectivity index (χ2v) is 7.35. The van der Waals surface area contributed by atoms with Crippen molar-refractivity contribution in [2.24, 2.45) is 22.2 Å². The van der Waals surface area contributed by atoms with Crippen LogP contribution in [0.1, 0.15) is 45.6 Å². The highest BCUT2D eigenvalue weighted by atomic mass is 14.7. The zero-order valence-electron chi connectivity index (χ0n) is 12.9. The lowest BCUT2D eigenvalue weighted by Crippen LogP contribution is -2.45. The molecular formula is C20H24. The van der Waals surface area contributed by atoms with E-state index in [1.54, 1.807) is 0 Å². The molecule has 0 nitrogen and oxygen atoms in total. The van der Waals surface area contributed by atoms with E-state index >= 15 is 0 Å². The Balaban J connectivity index is 2.09. The van der Waals surface area contributed by atoms with Crippen molar-refractivity contribution >= 4 is 0 Å². The first-order chi connectivity index (χ1) is 9.45. The molecule has 1 aromatic rings. The van der Waals surface area contributed by atoms with Crippen LogP contribution in [-0.4, -0.2) is 0 Å². The summed E-state index contributed by atoms with van der Waals surface area (Å²) in [4.78, 5) is 0. The summed E-state index contributed by atoms with van der Waals surface area (Å²) >= 11 is 0. The molecule has 2 saturated carbocycles. The third-order valence-electron chi connectivity index (χ3n) is 6.21. The standard InChI is InChI=1S/C20H24/c1-5-20(14-11-16-9-7-6-8-10-16)18(2,3)17-12-13-19(20,4)15-17/h5-10,17H,1,12-13,15H2,2-4H3/t17-,19+,20+/m0/s1. The fourth-order valence-electron chi connectivity index (χ4n) is 4.88. The van der Waals surface area contributed by atoms with Crippen molar-refractivity contribution in [3.05, 3.63) is 48.6 Å². The highest BCUT2D eigenvalue weighted by Gasteiger charge is 2.66. The molecule has 1 aromatic carbocycles. The molecular weight excluding hydrogens is 240 g/mol. The van der Waals surface area contributed by atoms with Crippen molar-refractivity contribution in [1.29, 1.82) is 0 Å². The van der Waals surface area contributed by atoms with Crippen LogP contribution in [0.3, 0.4) is 0 Å². The van der Waals surface area contributed by atoms with Gasteiger partial charge in [-0.15, -0.1) is 6.58 Å². The molecule has 0 saturated heterocycles. The normalized spacial score (nSPS) is 37.2. The molecule has 0 spiro atoms. The minimum absolute atomic E-state index is 0.0568. The maximum Gasteiger partial charge on any atom is 0.0601 e. The van der Waals surface area contributed by atoms with E-state index in [9.17, 15) is 0 Å². The lowest BCUT2D eigenvalue weighted by Gasteiger charge is -2.49. The molecule has 2 aliphatic carbocycles. The van der Waals surface area contributed by atoms with Gasteiger partial charge in [0.05, 0.1) is 5.41 Å². The predicted octanol–water partition coefficient (Wildman–Crippen LogP) is 5.06. The van der Waals surface area contributed by atoms with Crippen LogP contribution in [0.5, 0.6) is 0 Å². The second kappa shape index (κ2) is 4.26. The zero-order chi connectivity index (χ0) is 14.4. The molecule has 0 radical (unpaired) electrons. The fraction of sp³-hybridized carbons (Fsp3) is 0.500. The van der Waals surface area contributed by atoms with E-state index in [4.69, 9.17) is 0 Å². The number of hydrogen-bond donors (Lipinski definition) is 0. The van der Waals surface area contributed by atoms with Gasteiger partial charge in [0.15, 0.2) is 0 Å². The number of fused-ring (bicyclic) bond motifs is 2. The summed E-state index contributed by atoms with van der Waals surface area (Å²) in [5.74, 6) is 7.87. The first kappa shape index (κ1) is 13.5. The van der Waals surface area contributed by atoms with Gasteiger partial charge in [-0.2, -0.15) is 0 Å². The van der Waals surface area contributed by atoms with Crippen LogP contribution in [-0.2, 0) is 0 Å². The first-order valence-electron chi connectivity index (χ1n) is 7.67. The third-order valence-corrected chi connectivity index (χ3v) is 6.21. The number of rotatable bonds is 1. The van der Waals surface area contributed by atoms with Crippen LogP contribution in [0, 0.1) is 34.0 Å². The SMILES string of the molecule is C=C[C@@]1(C#Cc2ccccc2)C(C)(C)[C@H]2CC[C@]1(C)C2. The molecule has 3 atom stereocenters. The van der Waals surface area contributed by atoms with Gasteiger partial charge in [0, 0.05) is 5.56 Å². The highest BCUT2D eigenvalue weighted by Crippen LogP contribution is 2.72. The fourth-order valence-corrected chi connectivity index (χ4v) is 4.88. The first-order valence-corrected chi connectivity index (χ1v) is 7.67. The van der Waals surface area contributed by atoms with Crippen LogP contribution in [0.4, 0.5) is 0 Å². The van der Waals surface area contributed by atoms with Crippen LogP contribution < -0.4 is 0 Å². The van der Waals surface area contributed by atoms with Gasteiger partial charge < -0.3 is 0 Å². The van der Waals surface area contributed by atoms with E-state index in [0.29, 0.717) is 5.41 Å². The number of allylic oxidation sites excluding steroid dienone is 1. The Kier molecular flexibility index (Phi) is 2.87. The van der Waals surface area contributed by atoms with Crippen molar-refractivity contribution in [2.45, 2.75) is 40.0 Å². The molecule has 3 rings (SSSR count). The lowest BCUT2D eigenvalue weighted by molar-refractivity contribution is 0.0528.